The van der Waals surface area contributed by atoms with Crippen LogP contribution in [0.5, 0.6) is 5.75 Å². The van der Waals surface area contributed by atoms with Gasteiger partial charge in [-0.15, -0.1) is 11.8 Å². The number of rotatable bonds is 10. The van der Waals surface area contributed by atoms with Crippen molar-refractivity contribution in [2.24, 2.45) is 4.99 Å². The van der Waals surface area contributed by atoms with Gasteiger partial charge in [-0.2, -0.15) is 0 Å². The molecule has 0 bridgehead atoms. The molecule has 5 rings (SSSR count). The number of hydrogen-bond donors (Lipinski definition) is 2. The van der Waals surface area contributed by atoms with E-state index in [1.54, 1.807) is 23.9 Å². The average Bonchev–Trinajstić information content (AvgIpc) is 3.27. The number of piperidine rings is 1. The van der Waals surface area contributed by atoms with E-state index < -0.39 is 11.9 Å². The number of amides is 3. The van der Waals surface area contributed by atoms with E-state index in [0.29, 0.717) is 24.3 Å². The summed E-state index contributed by atoms with van der Waals surface area (Å²) in [6, 6.07) is 20.8. The second-order valence-corrected chi connectivity index (χ2v) is 10.1. The maximum Gasteiger partial charge on any atom is 0.255 e. The Morgan fingerprint density at radius 2 is 1.82 bits per heavy atom. The monoisotopic (exact) mass is 528 g/mol. The van der Waals surface area contributed by atoms with Crippen molar-refractivity contribution in [1.29, 1.82) is 0 Å². The Morgan fingerprint density at radius 1 is 1.03 bits per heavy atom. The van der Waals surface area contributed by atoms with Gasteiger partial charge in [-0.25, -0.2) is 0 Å². The lowest BCUT2D eigenvalue weighted by Gasteiger charge is -2.29. The van der Waals surface area contributed by atoms with Gasteiger partial charge in [0.05, 0.1) is 23.8 Å². The summed E-state index contributed by atoms with van der Waals surface area (Å²) in [5, 5.41) is 5.71. The van der Waals surface area contributed by atoms with E-state index in [4.69, 9.17) is 4.74 Å². The summed E-state index contributed by atoms with van der Waals surface area (Å²) in [7, 11) is 0. The highest BCUT2D eigenvalue weighted by Crippen LogP contribution is 2.34. The molecular weight excluding hydrogens is 500 g/mol. The van der Waals surface area contributed by atoms with Crippen molar-refractivity contribution in [3.63, 3.8) is 0 Å². The largest absolute Gasteiger partial charge is 0.489 e. The molecule has 3 aromatic carbocycles. The Hall–Kier alpha value is -4.11. The average molecular weight is 529 g/mol. The Bertz CT molecular complexity index is 1380. The maximum atomic E-state index is 13.0. The van der Waals surface area contributed by atoms with Crippen LogP contribution in [0, 0.1) is 0 Å². The van der Waals surface area contributed by atoms with Gasteiger partial charge in [-0.1, -0.05) is 42.5 Å². The van der Waals surface area contributed by atoms with Gasteiger partial charge >= 0.3 is 0 Å². The molecular formula is C29H28N4O4S. The molecule has 2 heterocycles. The van der Waals surface area contributed by atoms with Crippen LogP contribution in [0.4, 0.5) is 11.4 Å². The number of imide groups is 1. The topological polar surface area (TPSA) is 100 Å². The molecule has 38 heavy (non-hydrogen) atoms. The fourth-order valence-corrected chi connectivity index (χ4v) is 5.43. The van der Waals surface area contributed by atoms with Crippen molar-refractivity contribution in [1.82, 2.24) is 10.2 Å². The van der Waals surface area contributed by atoms with Gasteiger partial charge in [-0.05, 0) is 48.5 Å². The Kier molecular flexibility index (Phi) is 7.74. The molecule has 0 aromatic heterocycles. The molecule has 3 aromatic rings. The third-order valence-corrected chi connectivity index (χ3v) is 7.55. The lowest BCUT2D eigenvalue weighted by Crippen LogP contribution is -2.52. The summed E-state index contributed by atoms with van der Waals surface area (Å²) in [5.41, 5.74) is 5.36. The van der Waals surface area contributed by atoms with Crippen molar-refractivity contribution in [2.75, 3.05) is 11.2 Å². The first-order valence-electron chi connectivity index (χ1n) is 12.4. The zero-order valence-electron chi connectivity index (χ0n) is 20.8. The first kappa shape index (κ1) is 25.5. The predicted molar refractivity (Wildman–Crippen MR) is 149 cm³/mol. The van der Waals surface area contributed by atoms with Crippen LogP contribution in [-0.2, 0) is 28.5 Å². The molecule has 0 aliphatic carbocycles. The van der Waals surface area contributed by atoms with Gasteiger partial charge in [0.15, 0.2) is 0 Å². The summed E-state index contributed by atoms with van der Waals surface area (Å²) >= 11 is 1.77. The highest BCUT2D eigenvalue weighted by molar-refractivity contribution is 7.98. The molecule has 2 aliphatic heterocycles. The van der Waals surface area contributed by atoms with Crippen LogP contribution in [0.25, 0.3) is 0 Å². The summed E-state index contributed by atoms with van der Waals surface area (Å²) in [6.45, 7) is 4.26. The number of carbonyl (C=O) groups excluding carboxylic acids is 3. The first-order valence-corrected chi connectivity index (χ1v) is 13.5. The van der Waals surface area contributed by atoms with E-state index in [-0.39, 0.29) is 24.8 Å². The van der Waals surface area contributed by atoms with E-state index in [2.05, 4.69) is 34.5 Å². The molecule has 3 amide bonds. The molecule has 194 valence electrons. The van der Waals surface area contributed by atoms with Gasteiger partial charge in [0.2, 0.25) is 11.8 Å². The van der Waals surface area contributed by atoms with Gasteiger partial charge < -0.3 is 15.0 Å². The summed E-state index contributed by atoms with van der Waals surface area (Å²) in [4.78, 5) is 42.4. The third kappa shape index (κ3) is 5.57. The lowest BCUT2D eigenvalue weighted by molar-refractivity contribution is -0.136. The number of carbonyl (C=O) groups is 3. The van der Waals surface area contributed by atoms with Crippen molar-refractivity contribution >= 4 is 47.6 Å². The summed E-state index contributed by atoms with van der Waals surface area (Å²) in [5.74, 6) is 1.32. The van der Waals surface area contributed by atoms with E-state index in [1.165, 1.54) is 10.5 Å². The standard InChI is InChI=1S/C29H28N4O4S/c1-30-23-6-2-3-7-24(23)31-18-38-17-20-11-9-19(10-12-20)16-37-26-8-4-5-21-22(26)15-33(29(21)36)25-13-14-27(34)32-28(25)35/h2-12,25,31H,1,13-18H2,(H,32,34,35). The van der Waals surface area contributed by atoms with E-state index in [0.717, 1.165) is 34.1 Å². The molecule has 0 radical (unpaired) electrons. The molecule has 8 nitrogen and oxygen atoms in total. The minimum absolute atomic E-state index is 0.208. The minimum Gasteiger partial charge on any atom is -0.489 e. The predicted octanol–water partition coefficient (Wildman–Crippen LogP) is 4.66. The number of anilines is 1. The van der Waals surface area contributed by atoms with Gasteiger partial charge in [0.25, 0.3) is 5.91 Å². The number of nitrogens with zero attached hydrogens (tertiary/aromatic N) is 2. The molecule has 2 N–H and O–H groups in total. The molecule has 1 fully saturated rings. The normalized spacial score (nSPS) is 16.7. The van der Waals surface area contributed by atoms with Crippen LogP contribution < -0.4 is 15.4 Å². The quantitative estimate of drug-likeness (QED) is 0.172. The molecule has 2 aliphatic rings. The number of ether oxygens (including phenoxy) is 1. The number of benzene rings is 3. The maximum absolute atomic E-state index is 13.0. The number of para-hydroxylation sites is 2. The van der Waals surface area contributed by atoms with Crippen LogP contribution in [-0.4, -0.2) is 41.3 Å². The Labute approximate surface area is 225 Å². The minimum atomic E-state index is -0.644. The first-order chi connectivity index (χ1) is 18.5. The molecule has 1 saturated heterocycles. The van der Waals surface area contributed by atoms with Crippen molar-refractivity contribution in [3.8, 4) is 5.75 Å². The Balaban J connectivity index is 1.14. The fraction of sp³-hybridized carbons (Fsp3) is 0.241. The van der Waals surface area contributed by atoms with Crippen LogP contribution in [0.1, 0.15) is 39.9 Å². The molecule has 0 saturated carbocycles. The smallest absolute Gasteiger partial charge is 0.255 e. The number of hydrogen-bond acceptors (Lipinski definition) is 7. The van der Waals surface area contributed by atoms with Crippen LogP contribution in [0.2, 0.25) is 0 Å². The molecule has 9 heteroatoms. The third-order valence-electron chi connectivity index (χ3n) is 6.66. The summed E-state index contributed by atoms with van der Waals surface area (Å²) < 4.78 is 6.11. The number of aliphatic imine (C=N–C) groups is 1. The zero-order valence-corrected chi connectivity index (χ0v) is 21.6. The van der Waals surface area contributed by atoms with Crippen molar-refractivity contribution in [2.45, 2.75) is 37.8 Å². The summed E-state index contributed by atoms with van der Waals surface area (Å²) in [6.07, 6.45) is 0.562. The van der Waals surface area contributed by atoms with E-state index in [1.807, 2.05) is 42.5 Å². The lowest BCUT2D eigenvalue weighted by atomic mass is 10.0. The van der Waals surface area contributed by atoms with Crippen LogP contribution >= 0.6 is 11.8 Å². The Morgan fingerprint density at radius 3 is 2.61 bits per heavy atom. The second-order valence-electron chi connectivity index (χ2n) is 9.13. The van der Waals surface area contributed by atoms with Crippen LogP contribution in [0.15, 0.2) is 71.7 Å². The zero-order chi connectivity index (χ0) is 26.5. The molecule has 1 atom stereocenters. The van der Waals surface area contributed by atoms with Gasteiger partial charge in [0, 0.05) is 23.3 Å². The highest BCUT2D eigenvalue weighted by atomic mass is 32.2. The van der Waals surface area contributed by atoms with Gasteiger partial charge in [0.1, 0.15) is 18.4 Å². The van der Waals surface area contributed by atoms with Crippen molar-refractivity contribution in [3.05, 3.63) is 89.0 Å². The van der Waals surface area contributed by atoms with E-state index in [9.17, 15) is 14.4 Å². The molecule has 0 spiro atoms. The SMILES string of the molecule is C=Nc1ccccc1NCSCc1ccc(COc2cccc3c2CN(C2CCC(=O)NC2=O)C3=O)cc1. The van der Waals surface area contributed by atoms with Crippen LogP contribution in [0.3, 0.4) is 0 Å². The molecule has 1 unspecified atom stereocenters. The van der Waals surface area contributed by atoms with E-state index >= 15 is 0 Å². The number of thioether (sulfide) groups is 1. The van der Waals surface area contributed by atoms with Crippen molar-refractivity contribution < 1.29 is 19.1 Å². The number of fused-ring (bicyclic) bond motifs is 1. The fourth-order valence-electron chi connectivity index (χ4n) is 4.64. The second kappa shape index (κ2) is 11.5. The van der Waals surface area contributed by atoms with Gasteiger partial charge in [-0.3, -0.25) is 24.7 Å². The number of nitrogens with one attached hydrogen (secondary N) is 2. The highest BCUT2D eigenvalue weighted by Gasteiger charge is 2.40.